The van der Waals surface area contributed by atoms with Crippen LogP contribution in [0.3, 0.4) is 0 Å². The first-order chi connectivity index (χ1) is 5.70. The molecule has 0 saturated carbocycles. The summed E-state index contributed by atoms with van der Waals surface area (Å²) in [6.07, 6.45) is 4.74. The van der Waals surface area contributed by atoms with Crippen LogP contribution in [0.5, 0.6) is 0 Å². The Balaban J connectivity index is 2.20. The third kappa shape index (κ3) is 0.974. The molecule has 0 fully saturated rings. The molecule has 0 aliphatic carbocycles. The zero-order valence-electron chi connectivity index (χ0n) is 7.01. The summed E-state index contributed by atoms with van der Waals surface area (Å²) in [5.41, 5.74) is 0.938. The topological polar surface area (TPSA) is 43.7 Å². The Bertz CT molecular complexity index is 245. The monoisotopic (exact) mass is 167 g/mol. The van der Waals surface area contributed by atoms with Gasteiger partial charge in [0.25, 0.3) is 0 Å². The Kier molecular flexibility index (Phi) is 1.70. The van der Waals surface area contributed by atoms with E-state index in [1.807, 2.05) is 17.2 Å². The third-order valence-corrected chi connectivity index (χ3v) is 2.52. The second-order valence-corrected chi connectivity index (χ2v) is 3.35. The highest BCUT2D eigenvalue weighted by molar-refractivity contribution is 5.30. The zero-order valence-corrected chi connectivity index (χ0v) is 7.01. The molecule has 12 heavy (non-hydrogen) atoms. The Labute approximate surface area is 71.6 Å². The molecular weight excluding hydrogens is 154 g/mol. The molecule has 2 rings (SSSR count). The van der Waals surface area contributed by atoms with E-state index in [2.05, 4.69) is 0 Å². The van der Waals surface area contributed by atoms with Crippen LogP contribution in [0, 0.1) is 0 Å². The van der Waals surface area contributed by atoms with Crippen molar-refractivity contribution in [1.82, 2.24) is 4.90 Å². The number of rotatable bonds is 1. The number of hydrogen-bond acceptors (Lipinski definition) is 3. The molecule has 0 spiro atoms. The van der Waals surface area contributed by atoms with E-state index in [-0.39, 0.29) is 6.04 Å². The lowest BCUT2D eigenvalue weighted by atomic mass is 10.0. The van der Waals surface area contributed by atoms with Gasteiger partial charge < -0.3 is 15.1 Å². The molecule has 2 unspecified atom stereocenters. The predicted molar refractivity (Wildman–Crippen MR) is 45.4 cm³/mol. The zero-order chi connectivity index (χ0) is 8.72. The fourth-order valence-electron chi connectivity index (χ4n) is 1.91. The van der Waals surface area contributed by atoms with Crippen LogP contribution in [0.4, 0.5) is 0 Å². The number of hydrogen-bond donors (Lipinski definition) is 2. The van der Waals surface area contributed by atoms with Gasteiger partial charge in [-0.2, -0.15) is 0 Å². The minimum absolute atomic E-state index is 0.00926. The summed E-state index contributed by atoms with van der Waals surface area (Å²) in [4.78, 5) is 2.03. The molecule has 2 aliphatic rings. The maximum atomic E-state index is 9.54. The molecule has 0 radical (unpaired) electrons. The average Bonchev–Trinajstić information content (AvgIpc) is 2.53. The highest BCUT2D eigenvalue weighted by atomic mass is 16.3. The van der Waals surface area contributed by atoms with Crippen molar-refractivity contribution < 1.29 is 10.2 Å². The molecule has 2 heterocycles. The van der Waals surface area contributed by atoms with Crippen LogP contribution in [0.25, 0.3) is 0 Å². The Hall–Kier alpha value is -0.800. The first-order valence-corrected chi connectivity index (χ1v) is 4.20. The average molecular weight is 167 g/mol. The van der Waals surface area contributed by atoms with Gasteiger partial charge >= 0.3 is 0 Å². The summed E-state index contributed by atoms with van der Waals surface area (Å²) in [6, 6.07) is -0.00926. The first-order valence-electron chi connectivity index (χ1n) is 4.20. The number of aliphatic hydroxyl groups excluding tert-OH is 2. The molecule has 3 atom stereocenters. The quantitative estimate of drug-likeness (QED) is 0.534. The largest absolute Gasteiger partial charge is 0.389 e. The number of aliphatic hydroxyl groups is 2. The second kappa shape index (κ2) is 2.61. The highest BCUT2D eigenvalue weighted by Crippen LogP contribution is 2.28. The molecule has 2 N–H and O–H groups in total. The Morgan fingerprint density at radius 2 is 2.42 bits per heavy atom. The molecule has 0 amide bonds. The second-order valence-electron chi connectivity index (χ2n) is 3.35. The summed E-state index contributed by atoms with van der Waals surface area (Å²) in [6.45, 7) is 2.54. The lowest BCUT2D eigenvalue weighted by Crippen LogP contribution is -2.34. The molecule has 0 saturated heterocycles. The maximum Gasteiger partial charge on any atom is 0.0980 e. The van der Waals surface area contributed by atoms with Gasteiger partial charge in [0, 0.05) is 6.54 Å². The maximum absolute atomic E-state index is 9.54. The standard InChI is InChI=1S/C9H13NO2/c1-6(11)7-2-4-10-5-3-8(12)9(7)10/h2-3,5-6,8-9,11-12H,4H2,1H3/t6?,8-,9?/m1/s1. The number of fused-ring (bicyclic) bond motifs is 1. The smallest absolute Gasteiger partial charge is 0.0980 e. The minimum Gasteiger partial charge on any atom is -0.389 e. The fourth-order valence-corrected chi connectivity index (χ4v) is 1.91. The van der Waals surface area contributed by atoms with E-state index in [1.54, 1.807) is 13.0 Å². The van der Waals surface area contributed by atoms with Crippen molar-refractivity contribution in [2.45, 2.75) is 25.2 Å². The van der Waals surface area contributed by atoms with E-state index >= 15 is 0 Å². The van der Waals surface area contributed by atoms with Crippen molar-refractivity contribution >= 4 is 0 Å². The van der Waals surface area contributed by atoms with Crippen molar-refractivity contribution in [2.24, 2.45) is 0 Å². The first kappa shape index (κ1) is 7.83. The number of nitrogens with zero attached hydrogens (tertiary/aromatic N) is 1. The molecule has 0 aromatic carbocycles. The SMILES string of the molecule is CC(O)C1=CCN2C=C[C@@H](O)C12. The van der Waals surface area contributed by atoms with Crippen molar-refractivity contribution in [2.75, 3.05) is 6.54 Å². The van der Waals surface area contributed by atoms with Gasteiger partial charge in [-0.25, -0.2) is 0 Å². The van der Waals surface area contributed by atoms with Gasteiger partial charge in [0.15, 0.2) is 0 Å². The van der Waals surface area contributed by atoms with Gasteiger partial charge in [-0.1, -0.05) is 6.08 Å². The summed E-state index contributed by atoms with van der Waals surface area (Å²) >= 11 is 0. The van der Waals surface area contributed by atoms with E-state index in [0.717, 1.165) is 12.1 Å². The third-order valence-electron chi connectivity index (χ3n) is 2.52. The van der Waals surface area contributed by atoms with Gasteiger partial charge in [-0.15, -0.1) is 0 Å². The normalized spacial score (nSPS) is 35.2. The van der Waals surface area contributed by atoms with Crippen molar-refractivity contribution in [3.8, 4) is 0 Å². The van der Waals surface area contributed by atoms with Crippen molar-refractivity contribution in [3.63, 3.8) is 0 Å². The lowest BCUT2D eigenvalue weighted by molar-refractivity contribution is 0.142. The van der Waals surface area contributed by atoms with Gasteiger partial charge in [-0.05, 0) is 24.8 Å². The van der Waals surface area contributed by atoms with Crippen molar-refractivity contribution in [1.29, 1.82) is 0 Å². The lowest BCUT2D eigenvalue weighted by Gasteiger charge is -2.23. The molecule has 2 aliphatic heterocycles. The van der Waals surface area contributed by atoms with Crippen LogP contribution >= 0.6 is 0 Å². The molecule has 0 bridgehead atoms. The van der Waals surface area contributed by atoms with Gasteiger partial charge in [-0.3, -0.25) is 0 Å². The van der Waals surface area contributed by atoms with E-state index in [1.165, 1.54) is 0 Å². The molecule has 0 aromatic heterocycles. The molecule has 66 valence electrons. The van der Waals surface area contributed by atoms with Crippen LogP contribution in [-0.4, -0.2) is 39.9 Å². The summed E-state index contributed by atoms with van der Waals surface area (Å²) in [5, 5.41) is 18.9. The Morgan fingerprint density at radius 1 is 1.67 bits per heavy atom. The van der Waals surface area contributed by atoms with E-state index in [4.69, 9.17) is 0 Å². The summed E-state index contributed by atoms with van der Waals surface area (Å²) in [7, 11) is 0. The molecular formula is C9H13NO2. The van der Waals surface area contributed by atoms with E-state index in [0.29, 0.717) is 0 Å². The van der Waals surface area contributed by atoms with Gasteiger partial charge in [0.05, 0.1) is 18.2 Å². The van der Waals surface area contributed by atoms with Gasteiger partial charge in [0.2, 0.25) is 0 Å². The highest BCUT2D eigenvalue weighted by Gasteiger charge is 2.35. The van der Waals surface area contributed by atoms with Crippen LogP contribution in [0.15, 0.2) is 23.9 Å². The Morgan fingerprint density at radius 3 is 3.08 bits per heavy atom. The van der Waals surface area contributed by atoms with E-state index in [9.17, 15) is 10.2 Å². The molecule has 3 nitrogen and oxygen atoms in total. The fraction of sp³-hybridized carbons (Fsp3) is 0.556. The van der Waals surface area contributed by atoms with Crippen LogP contribution < -0.4 is 0 Å². The van der Waals surface area contributed by atoms with E-state index < -0.39 is 12.2 Å². The summed E-state index contributed by atoms with van der Waals surface area (Å²) < 4.78 is 0. The van der Waals surface area contributed by atoms with Crippen LogP contribution in [0.1, 0.15) is 6.92 Å². The summed E-state index contributed by atoms with van der Waals surface area (Å²) in [5.74, 6) is 0. The predicted octanol–water partition coefficient (Wildman–Crippen LogP) is -0.134. The van der Waals surface area contributed by atoms with Crippen LogP contribution in [0.2, 0.25) is 0 Å². The molecule has 3 heteroatoms. The van der Waals surface area contributed by atoms with Gasteiger partial charge in [0.1, 0.15) is 0 Å². The molecule has 0 aromatic rings. The minimum atomic E-state index is -0.451. The van der Waals surface area contributed by atoms with Crippen LogP contribution in [-0.2, 0) is 0 Å². The van der Waals surface area contributed by atoms with Crippen molar-refractivity contribution in [3.05, 3.63) is 23.9 Å².